The summed E-state index contributed by atoms with van der Waals surface area (Å²) in [5.41, 5.74) is 9.47. The number of nitrogens with zero attached hydrogens (tertiary/aromatic N) is 2. The Morgan fingerprint density at radius 3 is 2.23 bits per heavy atom. The Hall–Kier alpha value is -0.820. The maximum Gasteiger partial charge on any atom is 0.193 e. The summed E-state index contributed by atoms with van der Waals surface area (Å²) >= 11 is 0. The lowest BCUT2D eigenvalue weighted by Crippen LogP contribution is -2.39. The van der Waals surface area contributed by atoms with Crippen molar-refractivity contribution in [2.45, 2.75) is 53.6 Å². The van der Waals surface area contributed by atoms with E-state index in [2.05, 4.69) is 68.9 Å². The van der Waals surface area contributed by atoms with Crippen LogP contribution in [0.5, 0.6) is 0 Å². The second-order valence-corrected chi connectivity index (χ2v) is 6.12. The average Bonchev–Trinajstić information content (AvgIpc) is 2.38. The molecule has 0 spiro atoms. The molecule has 0 radical (unpaired) electrons. The molecule has 1 rings (SSSR count). The summed E-state index contributed by atoms with van der Waals surface area (Å²) < 4.78 is 0. The molecule has 0 aliphatic carbocycles. The van der Waals surface area contributed by atoms with Gasteiger partial charge in [0.1, 0.15) is 0 Å². The number of hydrogen-bond donors (Lipinski definition) is 2. The van der Waals surface area contributed by atoms with Crippen molar-refractivity contribution in [2.75, 3.05) is 18.4 Å². The van der Waals surface area contributed by atoms with Crippen LogP contribution in [-0.2, 0) is 0 Å². The Labute approximate surface area is 152 Å². The number of halogens is 1. The normalized spacial score (nSPS) is 12.0. The fourth-order valence-corrected chi connectivity index (χ4v) is 2.41. The second-order valence-electron chi connectivity index (χ2n) is 6.12. The van der Waals surface area contributed by atoms with Gasteiger partial charge in [0.25, 0.3) is 0 Å². The lowest BCUT2D eigenvalue weighted by atomic mass is 10.1. The van der Waals surface area contributed by atoms with Crippen molar-refractivity contribution in [3.63, 3.8) is 0 Å². The third-order valence-electron chi connectivity index (χ3n) is 3.75. The fourth-order valence-electron chi connectivity index (χ4n) is 2.41. The highest BCUT2D eigenvalue weighted by molar-refractivity contribution is 14.0. The van der Waals surface area contributed by atoms with Crippen LogP contribution >= 0.6 is 24.0 Å². The molecule has 5 heteroatoms. The Bertz CT molecular complexity index is 476. The molecule has 0 heterocycles. The van der Waals surface area contributed by atoms with Gasteiger partial charge in [-0.15, -0.1) is 24.0 Å². The van der Waals surface area contributed by atoms with Crippen LogP contribution in [-0.4, -0.2) is 36.0 Å². The number of anilines is 1. The third kappa shape index (κ3) is 6.96. The number of nitrogens with two attached hydrogens (primary N) is 1. The number of rotatable bonds is 6. The van der Waals surface area contributed by atoms with Gasteiger partial charge in [-0.3, -0.25) is 9.89 Å². The molecular weight excluding hydrogens is 387 g/mol. The monoisotopic (exact) mass is 418 g/mol. The van der Waals surface area contributed by atoms with Crippen molar-refractivity contribution in [1.82, 2.24) is 4.90 Å². The number of hydrogen-bond acceptors (Lipinski definition) is 2. The predicted molar refractivity (Wildman–Crippen MR) is 108 cm³/mol. The average molecular weight is 418 g/mol. The zero-order valence-electron chi connectivity index (χ0n) is 14.7. The molecule has 1 aromatic rings. The second kappa shape index (κ2) is 10.0. The molecule has 4 nitrogen and oxygen atoms in total. The standard InChI is InChI=1S/C17H30N4.HI/c1-12(2)21(13(3)4)10-9-19-17(18)20-16-8-7-14(5)15(6)11-16;/h7-8,11-13H,9-10H2,1-6H3,(H3,18,19,20);1H. The molecule has 22 heavy (non-hydrogen) atoms. The first-order valence-electron chi connectivity index (χ1n) is 7.71. The molecule has 0 fully saturated rings. The smallest absolute Gasteiger partial charge is 0.193 e. The number of nitrogens with one attached hydrogen (secondary N) is 1. The Balaban J connectivity index is 0.00000441. The lowest BCUT2D eigenvalue weighted by molar-refractivity contribution is 0.181. The zero-order chi connectivity index (χ0) is 16.0. The maximum absolute atomic E-state index is 5.95. The summed E-state index contributed by atoms with van der Waals surface area (Å²) in [6.45, 7) is 14.7. The van der Waals surface area contributed by atoms with E-state index in [9.17, 15) is 0 Å². The van der Waals surface area contributed by atoms with Gasteiger partial charge >= 0.3 is 0 Å². The van der Waals surface area contributed by atoms with Gasteiger partial charge in [-0.1, -0.05) is 6.07 Å². The number of guanidine groups is 1. The van der Waals surface area contributed by atoms with Gasteiger partial charge in [0, 0.05) is 24.3 Å². The third-order valence-corrected chi connectivity index (χ3v) is 3.75. The topological polar surface area (TPSA) is 53.6 Å². The molecule has 3 N–H and O–H groups in total. The van der Waals surface area contributed by atoms with Crippen molar-refractivity contribution in [2.24, 2.45) is 10.7 Å². The molecule has 0 aliphatic rings. The van der Waals surface area contributed by atoms with Crippen LogP contribution in [0.1, 0.15) is 38.8 Å². The van der Waals surface area contributed by atoms with E-state index < -0.39 is 0 Å². The Morgan fingerprint density at radius 2 is 1.73 bits per heavy atom. The molecule has 0 saturated heterocycles. The van der Waals surface area contributed by atoms with Gasteiger partial charge in [-0.2, -0.15) is 0 Å². The molecular formula is C17H31IN4. The summed E-state index contributed by atoms with van der Waals surface area (Å²) in [6.07, 6.45) is 0. The van der Waals surface area contributed by atoms with E-state index in [0.717, 1.165) is 12.2 Å². The minimum Gasteiger partial charge on any atom is -0.370 e. The first-order valence-corrected chi connectivity index (χ1v) is 7.71. The van der Waals surface area contributed by atoms with Gasteiger partial charge in [0.05, 0.1) is 6.54 Å². The summed E-state index contributed by atoms with van der Waals surface area (Å²) in [4.78, 5) is 6.83. The summed E-state index contributed by atoms with van der Waals surface area (Å²) in [6, 6.07) is 7.25. The van der Waals surface area contributed by atoms with Crippen LogP contribution < -0.4 is 11.1 Å². The van der Waals surface area contributed by atoms with Crippen LogP contribution in [0.4, 0.5) is 5.69 Å². The molecule has 0 atom stereocenters. The summed E-state index contributed by atoms with van der Waals surface area (Å²) in [7, 11) is 0. The van der Waals surface area contributed by atoms with Crippen molar-refractivity contribution >= 4 is 35.6 Å². The van der Waals surface area contributed by atoms with Gasteiger partial charge in [0.15, 0.2) is 5.96 Å². The van der Waals surface area contributed by atoms with Crippen LogP contribution in [0.15, 0.2) is 23.2 Å². The fraction of sp³-hybridized carbons (Fsp3) is 0.588. The van der Waals surface area contributed by atoms with Crippen molar-refractivity contribution in [1.29, 1.82) is 0 Å². The molecule has 0 saturated carbocycles. The van der Waals surface area contributed by atoms with Crippen LogP contribution in [0.2, 0.25) is 0 Å². The van der Waals surface area contributed by atoms with Gasteiger partial charge < -0.3 is 11.1 Å². The van der Waals surface area contributed by atoms with E-state index in [1.54, 1.807) is 0 Å². The van der Waals surface area contributed by atoms with E-state index >= 15 is 0 Å². The van der Waals surface area contributed by atoms with E-state index in [1.807, 2.05) is 6.07 Å². The highest BCUT2D eigenvalue weighted by Crippen LogP contribution is 2.13. The minimum atomic E-state index is 0. The van der Waals surface area contributed by atoms with Gasteiger partial charge in [-0.05, 0) is 64.8 Å². The highest BCUT2D eigenvalue weighted by Gasteiger charge is 2.12. The Kier molecular flexibility index (Phi) is 9.67. The molecule has 0 aromatic heterocycles. The molecule has 0 aliphatic heterocycles. The lowest BCUT2D eigenvalue weighted by Gasteiger charge is -2.29. The minimum absolute atomic E-state index is 0. The SMILES string of the molecule is Cc1ccc(NC(N)=NCCN(C(C)C)C(C)C)cc1C.I. The first-order chi connectivity index (χ1) is 9.81. The van der Waals surface area contributed by atoms with E-state index in [-0.39, 0.29) is 24.0 Å². The van der Waals surface area contributed by atoms with Gasteiger partial charge in [-0.25, -0.2) is 0 Å². The molecule has 0 bridgehead atoms. The van der Waals surface area contributed by atoms with Crippen LogP contribution in [0, 0.1) is 13.8 Å². The largest absolute Gasteiger partial charge is 0.370 e. The van der Waals surface area contributed by atoms with Crippen LogP contribution in [0.3, 0.4) is 0 Å². The molecule has 126 valence electrons. The maximum atomic E-state index is 5.95. The quantitative estimate of drug-likeness (QED) is 0.420. The van der Waals surface area contributed by atoms with E-state index in [0.29, 0.717) is 24.6 Å². The van der Waals surface area contributed by atoms with Gasteiger partial charge in [0.2, 0.25) is 0 Å². The summed E-state index contributed by atoms with van der Waals surface area (Å²) in [5.74, 6) is 0.478. The predicted octanol–water partition coefficient (Wildman–Crippen LogP) is 3.77. The number of aliphatic imine (C=N–C) groups is 1. The Morgan fingerprint density at radius 1 is 1.14 bits per heavy atom. The molecule has 0 unspecified atom stereocenters. The van der Waals surface area contributed by atoms with Crippen molar-refractivity contribution in [3.05, 3.63) is 29.3 Å². The number of benzene rings is 1. The van der Waals surface area contributed by atoms with Crippen molar-refractivity contribution in [3.8, 4) is 0 Å². The zero-order valence-corrected chi connectivity index (χ0v) is 17.0. The molecule has 0 amide bonds. The van der Waals surface area contributed by atoms with Crippen LogP contribution in [0.25, 0.3) is 0 Å². The first kappa shape index (κ1) is 21.2. The highest BCUT2D eigenvalue weighted by atomic mass is 127. The van der Waals surface area contributed by atoms with Crippen molar-refractivity contribution < 1.29 is 0 Å². The number of aryl methyl sites for hydroxylation is 2. The van der Waals surface area contributed by atoms with E-state index in [4.69, 9.17) is 5.73 Å². The summed E-state index contributed by atoms with van der Waals surface area (Å²) in [5, 5.41) is 3.15. The van der Waals surface area contributed by atoms with E-state index in [1.165, 1.54) is 11.1 Å². The molecule has 1 aromatic carbocycles.